The van der Waals surface area contributed by atoms with Crippen LogP contribution in [-0.4, -0.2) is 62.8 Å². The molecule has 10 nitrogen and oxygen atoms in total. The number of halogens is 1. The Bertz CT molecular complexity index is 1290. The molecule has 1 aromatic carbocycles. The molecule has 1 spiro atoms. The fourth-order valence-corrected chi connectivity index (χ4v) is 6.09. The van der Waals surface area contributed by atoms with Crippen LogP contribution in [0, 0.1) is 5.41 Å². The Kier molecular flexibility index (Phi) is 7.41. The van der Waals surface area contributed by atoms with E-state index in [1.807, 2.05) is 32.3 Å². The number of nitrogens with two attached hydrogens (primary N) is 1. The maximum Gasteiger partial charge on any atom is 0.290 e. The molecule has 3 aromatic rings. The quantitative estimate of drug-likeness (QED) is 0.500. The first-order valence-corrected chi connectivity index (χ1v) is 12.5. The van der Waals surface area contributed by atoms with Gasteiger partial charge in [0.1, 0.15) is 0 Å². The number of carbonyl (C=O) groups is 1. The molecule has 2 aliphatic heterocycles. The second-order valence-electron chi connectivity index (χ2n) is 9.00. The van der Waals surface area contributed by atoms with Gasteiger partial charge in [-0.05, 0) is 31.9 Å². The number of anilines is 1. The van der Waals surface area contributed by atoms with Crippen molar-refractivity contribution in [3.63, 3.8) is 0 Å². The van der Waals surface area contributed by atoms with E-state index in [2.05, 4.69) is 15.0 Å². The van der Waals surface area contributed by atoms with Crippen molar-refractivity contribution in [3.8, 4) is 0 Å². The number of rotatable bonds is 3. The van der Waals surface area contributed by atoms with Crippen molar-refractivity contribution in [2.75, 3.05) is 24.6 Å². The van der Waals surface area contributed by atoms with E-state index in [1.165, 1.54) is 11.8 Å². The average molecular weight is 521 g/mol. The second kappa shape index (κ2) is 10.2. The highest BCUT2D eigenvalue weighted by Crippen LogP contribution is 2.42. The average Bonchev–Trinajstić information content (AvgIpc) is 3.35. The topological polar surface area (TPSA) is 128 Å². The minimum absolute atomic E-state index is 0.0340. The lowest BCUT2D eigenvalue weighted by atomic mass is 9.73. The Balaban J connectivity index is 0.000000917. The first-order chi connectivity index (χ1) is 16.7. The zero-order valence-corrected chi connectivity index (χ0v) is 21.4. The molecule has 188 valence electrons. The molecule has 0 aliphatic carbocycles. The molecule has 2 aliphatic rings. The van der Waals surface area contributed by atoms with Crippen LogP contribution in [0.15, 0.2) is 39.1 Å². The fraction of sp³-hybridized carbons (Fsp3) is 0.478. The summed E-state index contributed by atoms with van der Waals surface area (Å²) in [5, 5.41) is 12.7. The zero-order valence-electron chi connectivity index (χ0n) is 19.8. The van der Waals surface area contributed by atoms with Gasteiger partial charge in [0.05, 0.1) is 34.3 Å². The van der Waals surface area contributed by atoms with E-state index in [0.29, 0.717) is 22.5 Å². The van der Waals surface area contributed by atoms with Gasteiger partial charge in [-0.15, -0.1) is 0 Å². The van der Waals surface area contributed by atoms with E-state index in [1.54, 1.807) is 22.5 Å². The van der Waals surface area contributed by atoms with Crippen LogP contribution >= 0.6 is 23.4 Å². The number of benzene rings is 1. The van der Waals surface area contributed by atoms with E-state index in [0.717, 1.165) is 41.7 Å². The van der Waals surface area contributed by atoms with Gasteiger partial charge in [0, 0.05) is 55.1 Å². The first kappa shape index (κ1) is 25.5. The summed E-state index contributed by atoms with van der Waals surface area (Å²) in [5.74, 6) is 0.684. The van der Waals surface area contributed by atoms with Crippen LogP contribution < -0.4 is 16.2 Å². The molecule has 0 unspecified atom stereocenters. The molecular weight excluding hydrogens is 492 g/mol. The summed E-state index contributed by atoms with van der Waals surface area (Å²) in [6.07, 6.45) is 5.50. The van der Waals surface area contributed by atoms with Gasteiger partial charge in [-0.1, -0.05) is 23.4 Å². The van der Waals surface area contributed by atoms with Gasteiger partial charge >= 0.3 is 0 Å². The SMILES string of the molecule is C[C@@H]1OCC2(CCN(c3ncc(Sc4ccc5nn(C)cc5c4Cl)c(=O)n3C)CC2)[C@@H]1N.O=CO. The Morgan fingerprint density at radius 3 is 2.60 bits per heavy atom. The summed E-state index contributed by atoms with van der Waals surface area (Å²) in [7, 11) is 3.63. The second-order valence-corrected chi connectivity index (χ2v) is 10.5. The minimum Gasteiger partial charge on any atom is -0.483 e. The summed E-state index contributed by atoms with van der Waals surface area (Å²) >= 11 is 7.93. The van der Waals surface area contributed by atoms with Gasteiger partial charge in [0.2, 0.25) is 5.95 Å². The number of hydrogen-bond acceptors (Lipinski definition) is 8. The van der Waals surface area contributed by atoms with E-state index < -0.39 is 0 Å². The molecule has 4 heterocycles. The lowest BCUT2D eigenvalue weighted by Crippen LogP contribution is -2.51. The molecule has 12 heteroatoms. The molecule has 5 rings (SSSR count). The lowest BCUT2D eigenvalue weighted by Gasteiger charge is -2.41. The number of ether oxygens (including phenoxy) is 1. The number of nitrogens with zero attached hydrogens (tertiary/aromatic N) is 5. The number of aromatic nitrogens is 4. The first-order valence-electron chi connectivity index (χ1n) is 11.3. The Morgan fingerprint density at radius 2 is 1.97 bits per heavy atom. The Morgan fingerprint density at radius 1 is 1.29 bits per heavy atom. The molecule has 0 bridgehead atoms. The predicted molar refractivity (Wildman–Crippen MR) is 135 cm³/mol. The largest absolute Gasteiger partial charge is 0.483 e. The Hall–Kier alpha value is -2.60. The summed E-state index contributed by atoms with van der Waals surface area (Å²) in [6.45, 7) is 4.12. The molecule has 2 saturated heterocycles. The molecule has 2 aromatic heterocycles. The van der Waals surface area contributed by atoms with Gasteiger partial charge in [-0.3, -0.25) is 18.8 Å². The van der Waals surface area contributed by atoms with Crippen molar-refractivity contribution >= 4 is 46.7 Å². The molecule has 0 radical (unpaired) electrons. The van der Waals surface area contributed by atoms with Crippen molar-refractivity contribution < 1.29 is 14.6 Å². The van der Waals surface area contributed by atoms with Crippen LogP contribution in [0.3, 0.4) is 0 Å². The van der Waals surface area contributed by atoms with Crippen LogP contribution in [-0.2, 0) is 23.6 Å². The zero-order chi connectivity index (χ0) is 25.3. The summed E-state index contributed by atoms with van der Waals surface area (Å²) in [5.41, 5.74) is 7.21. The van der Waals surface area contributed by atoms with E-state index in [9.17, 15) is 4.79 Å². The summed E-state index contributed by atoms with van der Waals surface area (Å²) in [6, 6.07) is 3.87. The maximum absolute atomic E-state index is 13.1. The maximum atomic E-state index is 13.1. The van der Waals surface area contributed by atoms with Crippen molar-refractivity contribution in [2.45, 2.75) is 41.7 Å². The van der Waals surface area contributed by atoms with Crippen molar-refractivity contribution in [1.29, 1.82) is 0 Å². The van der Waals surface area contributed by atoms with Gasteiger partial charge < -0.3 is 20.5 Å². The highest BCUT2D eigenvalue weighted by Gasteiger charge is 2.47. The standard InChI is InChI=1S/C22H27ClN6O2S.CH2O2/c1-13-19(24)22(12-31-13)6-8-29(9-7-22)21-25-10-17(20(30)28(21)3)32-16-5-4-15-14(18(16)23)11-27(2)26-15;2-1-3/h4-5,10-11,13,19H,6-9,12,24H2,1-3H3;1H,(H,2,3)/t13-,19+;/m0./s1. The monoisotopic (exact) mass is 520 g/mol. The molecule has 0 saturated carbocycles. The lowest BCUT2D eigenvalue weighted by molar-refractivity contribution is -0.122. The summed E-state index contributed by atoms with van der Waals surface area (Å²) in [4.78, 5) is 29.7. The fourth-order valence-electron chi connectivity index (χ4n) is 4.86. The van der Waals surface area contributed by atoms with Gasteiger partial charge in [0.15, 0.2) is 0 Å². The van der Waals surface area contributed by atoms with Crippen LogP contribution in [0.25, 0.3) is 10.9 Å². The van der Waals surface area contributed by atoms with Gasteiger partial charge in [0.25, 0.3) is 12.0 Å². The number of carboxylic acid groups (broad SMARTS) is 1. The van der Waals surface area contributed by atoms with Gasteiger partial charge in [-0.25, -0.2) is 4.98 Å². The molecular formula is C23H29ClN6O4S. The molecule has 0 amide bonds. The highest BCUT2D eigenvalue weighted by molar-refractivity contribution is 7.99. The van der Waals surface area contributed by atoms with Crippen LogP contribution in [0.4, 0.5) is 5.95 Å². The van der Waals surface area contributed by atoms with E-state index >= 15 is 0 Å². The predicted octanol–water partition coefficient (Wildman–Crippen LogP) is 2.50. The third-order valence-corrected chi connectivity index (χ3v) is 8.50. The third kappa shape index (κ3) is 4.77. The highest BCUT2D eigenvalue weighted by atomic mass is 35.5. The van der Waals surface area contributed by atoms with Crippen molar-refractivity contribution in [2.24, 2.45) is 25.2 Å². The molecule has 35 heavy (non-hydrogen) atoms. The number of hydrogen-bond donors (Lipinski definition) is 2. The molecule has 3 N–H and O–H groups in total. The van der Waals surface area contributed by atoms with Crippen LogP contribution in [0.5, 0.6) is 0 Å². The van der Waals surface area contributed by atoms with Crippen LogP contribution in [0.2, 0.25) is 5.02 Å². The van der Waals surface area contributed by atoms with E-state index in [4.69, 9.17) is 32.0 Å². The smallest absolute Gasteiger partial charge is 0.290 e. The van der Waals surface area contributed by atoms with Crippen molar-refractivity contribution in [1.82, 2.24) is 19.3 Å². The van der Waals surface area contributed by atoms with Crippen molar-refractivity contribution in [3.05, 3.63) is 39.9 Å². The number of piperidine rings is 1. The molecule has 2 fully saturated rings. The van der Waals surface area contributed by atoms with Crippen LogP contribution in [0.1, 0.15) is 19.8 Å². The third-order valence-electron chi connectivity index (χ3n) is 6.92. The number of aryl methyl sites for hydroxylation is 1. The minimum atomic E-state index is -0.250. The number of fused-ring (bicyclic) bond motifs is 1. The Labute approximate surface area is 212 Å². The summed E-state index contributed by atoms with van der Waals surface area (Å²) < 4.78 is 9.18. The van der Waals surface area contributed by atoms with E-state index in [-0.39, 0.29) is 29.6 Å². The van der Waals surface area contributed by atoms with Gasteiger partial charge in [-0.2, -0.15) is 5.10 Å². The normalized spacial score (nSPS) is 21.2. The molecule has 2 atom stereocenters.